The number of halogens is 5. The summed E-state index contributed by atoms with van der Waals surface area (Å²) in [5, 5.41) is 12.0. The molecule has 0 saturated heterocycles. The quantitative estimate of drug-likeness (QED) is 0.234. The van der Waals surface area contributed by atoms with Crippen LogP contribution in [0.4, 0.5) is 18.9 Å². The highest BCUT2D eigenvalue weighted by atomic mass is 35.5. The van der Waals surface area contributed by atoms with Gasteiger partial charge in [-0.15, -0.1) is 0 Å². The van der Waals surface area contributed by atoms with E-state index in [9.17, 15) is 18.0 Å². The molecule has 5 rings (SSSR count). The zero-order valence-electron chi connectivity index (χ0n) is 21.3. The summed E-state index contributed by atoms with van der Waals surface area (Å²) in [7, 11) is 1.48. The first-order valence-corrected chi connectivity index (χ1v) is 12.6. The minimum absolute atomic E-state index is 0.0221. The molecule has 0 fully saturated rings. The Morgan fingerprint density at radius 1 is 1.07 bits per heavy atom. The summed E-state index contributed by atoms with van der Waals surface area (Å²) >= 11 is 12.6. The molecule has 3 heterocycles. The molecule has 5 aromatic rings. The highest BCUT2D eigenvalue weighted by Gasteiger charge is 2.36. The number of aromatic nitrogens is 5. The number of alkyl halides is 3. The Hall–Kier alpha value is -4.09. The van der Waals surface area contributed by atoms with Crippen LogP contribution in [0.2, 0.25) is 10.0 Å². The van der Waals surface area contributed by atoms with Crippen molar-refractivity contribution < 1.29 is 22.7 Å². The van der Waals surface area contributed by atoms with Crippen molar-refractivity contribution in [3.8, 4) is 17.0 Å². The number of carbonyl (C=O) groups is 1. The number of methoxy groups -OCH3 is 1. The molecular formula is C27H21Cl2F3N6O2. The Morgan fingerprint density at radius 3 is 2.38 bits per heavy atom. The summed E-state index contributed by atoms with van der Waals surface area (Å²) in [5.74, 6) is -0.155. The number of benzene rings is 2. The first-order valence-electron chi connectivity index (χ1n) is 11.9. The van der Waals surface area contributed by atoms with E-state index in [1.165, 1.54) is 7.11 Å². The van der Waals surface area contributed by atoms with Crippen molar-refractivity contribution in [1.82, 2.24) is 24.4 Å². The lowest BCUT2D eigenvalue weighted by molar-refractivity contribution is -0.142. The number of hydrogen-bond donors (Lipinski definition) is 1. The number of nitrogens with one attached hydrogen (secondary N) is 1. The summed E-state index contributed by atoms with van der Waals surface area (Å²) in [5.41, 5.74) is 1.13. The van der Waals surface area contributed by atoms with E-state index < -0.39 is 17.8 Å². The zero-order valence-corrected chi connectivity index (χ0v) is 22.9. The van der Waals surface area contributed by atoms with Gasteiger partial charge in [0.05, 0.1) is 42.6 Å². The third-order valence-electron chi connectivity index (χ3n) is 6.38. The number of anilines is 1. The topological polar surface area (TPSA) is 86.3 Å². The monoisotopic (exact) mass is 588 g/mol. The Morgan fingerprint density at radius 2 is 1.75 bits per heavy atom. The van der Waals surface area contributed by atoms with Crippen molar-refractivity contribution in [2.45, 2.75) is 26.6 Å². The standard InChI is InChI=1S/C27H21Cl2F3N6O2/c1-14-24(15(2)37(36-14)13-19-20(28)5-4-6-21(19)29)35-26(39)18-12-33-38-23(27(30,31)32)11-22(34-25(18)38)16-7-9-17(40-3)10-8-16/h4-12H,13H2,1-3H3,(H,35,39). The Labute approximate surface area is 236 Å². The second kappa shape index (κ2) is 10.5. The number of hydrogen-bond acceptors (Lipinski definition) is 5. The molecule has 40 heavy (non-hydrogen) atoms. The molecule has 0 radical (unpaired) electrons. The molecule has 0 aliphatic heterocycles. The summed E-state index contributed by atoms with van der Waals surface area (Å²) in [4.78, 5) is 17.8. The van der Waals surface area contributed by atoms with Crippen LogP contribution in [0.1, 0.15) is 33.0 Å². The number of nitrogens with zero attached hydrogens (tertiary/aromatic N) is 5. The van der Waals surface area contributed by atoms with E-state index in [2.05, 4.69) is 20.5 Å². The van der Waals surface area contributed by atoms with Crippen LogP contribution in [0.25, 0.3) is 16.9 Å². The predicted molar refractivity (Wildman–Crippen MR) is 145 cm³/mol. The molecule has 0 aliphatic carbocycles. The van der Waals surface area contributed by atoms with E-state index in [-0.39, 0.29) is 23.4 Å². The Bertz CT molecular complexity index is 1730. The lowest BCUT2D eigenvalue weighted by Gasteiger charge is -2.12. The van der Waals surface area contributed by atoms with Crippen LogP contribution in [0.3, 0.4) is 0 Å². The Balaban J connectivity index is 1.52. The molecule has 0 unspecified atom stereocenters. The molecule has 0 saturated carbocycles. The molecule has 0 atom stereocenters. The molecule has 3 aromatic heterocycles. The molecule has 8 nitrogen and oxygen atoms in total. The zero-order chi connectivity index (χ0) is 28.8. The van der Waals surface area contributed by atoms with Crippen LogP contribution in [-0.2, 0) is 12.7 Å². The number of ether oxygens (including phenoxy) is 1. The molecule has 0 aliphatic rings. The van der Waals surface area contributed by atoms with Crippen molar-refractivity contribution >= 4 is 40.4 Å². The fourth-order valence-corrected chi connectivity index (χ4v) is 4.80. The fourth-order valence-electron chi connectivity index (χ4n) is 4.28. The van der Waals surface area contributed by atoms with Crippen molar-refractivity contribution in [3.63, 3.8) is 0 Å². The number of aryl methyl sites for hydroxylation is 1. The number of carbonyl (C=O) groups excluding carboxylic acids is 1. The van der Waals surface area contributed by atoms with Crippen molar-refractivity contribution in [2.75, 3.05) is 12.4 Å². The van der Waals surface area contributed by atoms with E-state index in [1.807, 2.05) is 0 Å². The molecule has 0 spiro atoms. The SMILES string of the molecule is COc1ccc(-c2cc(C(F)(F)F)n3ncc(C(=O)Nc4c(C)nn(Cc5c(Cl)cccc5Cl)c4C)c3n2)cc1. The van der Waals surface area contributed by atoms with E-state index in [1.54, 1.807) is 61.0 Å². The van der Waals surface area contributed by atoms with Gasteiger partial charge in [0.25, 0.3) is 5.91 Å². The number of rotatable bonds is 6. The summed E-state index contributed by atoms with van der Waals surface area (Å²) in [6, 6.07) is 12.4. The summed E-state index contributed by atoms with van der Waals surface area (Å²) < 4.78 is 49.4. The van der Waals surface area contributed by atoms with Gasteiger partial charge in [-0.05, 0) is 56.3 Å². The van der Waals surface area contributed by atoms with Crippen LogP contribution >= 0.6 is 23.2 Å². The van der Waals surface area contributed by atoms with Gasteiger partial charge in [0.1, 0.15) is 11.3 Å². The maximum absolute atomic E-state index is 14.0. The van der Waals surface area contributed by atoms with Gasteiger partial charge in [-0.2, -0.15) is 23.4 Å². The minimum Gasteiger partial charge on any atom is -0.497 e. The minimum atomic E-state index is -4.75. The molecule has 13 heteroatoms. The normalized spacial score (nSPS) is 11.7. The van der Waals surface area contributed by atoms with Crippen molar-refractivity contribution in [2.24, 2.45) is 0 Å². The van der Waals surface area contributed by atoms with Gasteiger partial charge in [-0.25, -0.2) is 9.50 Å². The number of amides is 1. The van der Waals surface area contributed by atoms with Gasteiger partial charge >= 0.3 is 6.18 Å². The predicted octanol–water partition coefficient (Wildman–Crippen LogP) is 6.84. The van der Waals surface area contributed by atoms with E-state index in [4.69, 9.17) is 27.9 Å². The summed E-state index contributed by atoms with van der Waals surface area (Å²) in [6.45, 7) is 3.70. The second-order valence-corrected chi connectivity index (χ2v) is 9.72. The van der Waals surface area contributed by atoms with Gasteiger partial charge in [-0.1, -0.05) is 29.3 Å². The summed E-state index contributed by atoms with van der Waals surface area (Å²) in [6.07, 6.45) is -3.69. The highest BCUT2D eigenvalue weighted by molar-refractivity contribution is 6.36. The van der Waals surface area contributed by atoms with Gasteiger partial charge in [0.15, 0.2) is 11.3 Å². The highest BCUT2D eigenvalue weighted by Crippen LogP contribution is 2.34. The second-order valence-electron chi connectivity index (χ2n) is 8.90. The smallest absolute Gasteiger partial charge is 0.433 e. The largest absolute Gasteiger partial charge is 0.497 e. The first-order chi connectivity index (χ1) is 19.0. The van der Waals surface area contributed by atoms with E-state index >= 15 is 0 Å². The number of fused-ring (bicyclic) bond motifs is 1. The van der Waals surface area contributed by atoms with E-state index in [0.29, 0.717) is 48.5 Å². The maximum Gasteiger partial charge on any atom is 0.433 e. The molecule has 0 bridgehead atoms. The molecule has 2 aromatic carbocycles. The van der Waals surface area contributed by atoms with Crippen LogP contribution in [0.5, 0.6) is 5.75 Å². The van der Waals surface area contributed by atoms with Gasteiger partial charge in [0.2, 0.25) is 0 Å². The first kappa shape index (κ1) is 27.5. The van der Waals surface area contributed by atoms with Crippen LogP contribution in [-0.4, -0.2) is 37.4 Å². The van der Waals surface area contributed by atoms with E-state index in [0.717, 1.165) is 12.3 Å². The van der Waals surface area contributed by atoms with Gasteiger partial charge in [-0.3, -0.25) is 9.48 Å². The molecule has 206 valence electrons. The van der Waals surface area contributed by atoms with Crippen LogP contribution in [0, 0.1) is 13.8 Å². The molecular weight excluding hydrogens is 568 g/mol. The lowest BCUT2D eigenvalue weighted by Crippen LogP contribution is -2.16. The van der Waals surface area contributed by atoms with Gasteiger partial charge < -0.3 is 10.1 Å². The third-order valence-corrected chi connectivity index (χ3v) is 7.09. The fraction of sp³-hybridized carbons (Fsp3) is 0.185. The van der Waals surface area contributed by atoms with Gasteiger partial charge in [0, 0.05) is 21.2 Å². The molecule has 1 amide bonds. The van der Waals surface area contributed by atoms with Crippen molar-refractivity contribution in [1.29, 1.82) is 0 Å². The Kier molecular flexibility index (Phi) is 7.19. The van der Waals surface area contributed by atoms with Crippen LogP contribution < -0.4 is 10.1 Å². The average Bonchev–Trinajstić information content (AvgIpc) is 3.46. The molecule has 1 N–H and O–H groups in total. The van der Waals surface area contributed by atoms with Crippen LogP contribution in [0.15, 0.2) is 54.7 Å². The van der Waals surface area contributed by atoms with Crippen molar-refractivity contribution in [3.05, 3.63) is 93.0 Å². The lowest BCUT2D eigenvalue weighted by atomic mass is 10.1. The average molecular weight is 589 g/mol. The third kappa shape index (κ3) is 5.09. The maximum atomic E-state index is 14.0.